The molecule has 17 heavy (non-hydrogen) atoms. The Balaban J connectivity index is 2.31. The van der Waals surface area contributed by atoms with E-state index in [0.717, 1.165) is 11.3 Å². The van der Waals surface area contributed by atoms with Gasteiger partial charge in [0.25, 0.3) is 5.91 Å². The van der Waals surface area contributed by atoms with E-state index in [1.54, 1.807) is 24.1 Å². The second-order valence-corrected chi connectivity index (χ2v) is 4.40. The van der Waals surface area contributed by atoms with Gasteiger partial charge in [0, 0.05) is 24.2 Å². The van der Waals surface area contributed by atoms with Crippen LogP contribution in [0.2, 0.25) is 5.02 Å². The Morgan fingerprint density at radius 2 is 2.29 bits per heavy atom. The summed E-state index contributed by atoms with van der Waals surface area (Å²) in [4.78, 5) is 13.6. The highest BCUT2D eigenvalue weighted by Gasteiger charge is 2.19. The SMILES string of the molecule is CCN(C)C(=O)C1=Cc2cc(Cl)ccc2OC1. The molecule has 1 aromatic carbocycles. The van der Waals surface area contributed by atoms with Crippen LogP contribution in [0.3, 0.4) is 0 Å². The lowest BCUT2D eigenvalue weighted by Gasteiger charge is -2.21. The van der Waals surface area contributed by atoms with Gasteiger partial charge in [0.2, 0.25) is 0 Å². The van der Waals surface area contributed by atoms with E-state index in [-0.39, 0.29) is 5.91 Å². The Labute approximate surface area is 106 Å². The zero-order valence-corrected chi connectivity index (χ0v) is 10.6. The van der Waals surface area contributed by atoms with Gasteiger partial charge in [-0.15, -0.1) is 0 Å². The van der Waals surface area contributed by atoms with Crippen molar-refractivity contribution in [1.29, 1.82) is 0 Å². The molecule has 0 saturated carbocycles. The molecule has 0 bridgehead atoms. The van der Waals surface area contributed by atoms with Gasteiger partial charge in [0.05, 0.1) is 5.57 Å². The van der Waals surface area contributed by atoms with Crippen molar-refractivity contribution < 1.29 is 9.53 Å². The van der Waals surface area contributed by atoms with Crippen molar-refractivity contribution in [2.75, 3.05) is 20.2 Å². The van der Waals surface area contributed by atoms with E-state index in [9.17, 15) is 4.79 Å². The van der Waals surface area contributed by atoms with Crippen LogP contribution in [0.25, 0.3) is 6.08 Å². The van der Waals surface area contributed by atoms with E-state index in [4.69, 9.17) is 16.3 Å². The topological polar surface area (TPSA) is 29.5 Å². The van der Waals surface area contributed by atoms with Crippen molar-refractivity contribution in [3.63, 3.8) is 0 Å². The summed E-state index contributed by atoms with van der Waals surface area (Å²) in [5, 5.41) is 0.640. The number of amides is 1. The van der Waals surface area contributed by atoms with Gasteiger partial charge < -0.3 is 9.64 Å². The van der Waals surface area contributed by atoms with E-state index < -0.39 is 0 Å². The van der Waals surface area contributed by atoms with Crippen LogP contribution in [0.5, 0.6) is 5.75 Å². The predicted molar refractivity (Wildman–Crippen MR) is 68.2 cm³/mol. The lowest BCUT2D eigenvalue weighted by Crippen LogP contribution is -2.30. The number of carbonyl (C=O) groups excluding carboxylic acids is 1. The van der Waals surface area contributed by atoms with Crippen molar-refractivity contribution in [3.8, 4) is 5.75 Å². The van der Waals surface area contributed by atoms with Crippen molar-refractivity contribution in [3.05, 3.63) is 34.4 Å². The normalized spacial score (nSPS) is 13.5. The average Bonchev–Trinajstić information content (AvgIpc) is 2.36. The van der Waals surface area contributed by atoms with Crippen LogP contribution in [0.1, 0.15) is 12.5 Å². The Morgan fingerprint density at radius 1 is 1.53 bits per heavy atom. The van der Waals surface area contributed by atoms with Crippen molar-refractivity contribution in [1.82, 2.24) is 4.90 Å². The fourth-order valence-electron chi connectivity index (χ4n) is 1.66. The first-order chi connectivity index (χ1) is 8.11. The summed E-state index contributed by atoms with van der Waals surface area (Å²) in [5.41, 5.74) is 1.51. The highest BCUT2D eigenvalue weighted by Crippen LogP contribution is 2.29. The van der Waals surface area contributed by atoms with E-state index in [1.165, 1.54) is 0 Å². The van der Waals surface area contributed by atoms with E-state index in [0.29, 0.717) is 23.7 Å². The number of hydrogen-bond donors (Lipinski definition) is 0. The summed E-state index contributed by atoms with van der Waals surface area (Å²) in [6.45, 7) is 2.93. The van der Waals surface area contributed by atoms with Crippen molar-refractivity contribution >= 4 is 23.6 Å². The maximum absolute atomic E-state index is 12.0. The Kier molecular flexibility index (Phi) is 3.38. The first-order valence-electron chi connectivity index (χ1n) is 5.50. The Morgan fingerprint density at radius 3 is 3.00 bits per heavy atom. The van der Waals surface area contributed by atoms with Gasteiger partial charge in [-0.05, 0) is 31.2 Å². The second-order valence-electron chi connectivity index (χ2n) is 3.96. The molecule has 0 aliphatic carbocycles. The van der Waals surface area contributed by atoms with Crippen LogP contribution in [-0.4, -0.2) is 31.0 Å². The molecular weight excluding hydrogens is 238 g/mol. The van der Waals surface area contributed by atoms with Gasteiger partial charge in [-0.3, -0.25) is 4.79 Å². The van der Waals surface area contributed by atoms with Crippen LogP contribution in [0.4, 0.5) is 0 Å². The molecule has 0 atom stereocenters. The number of nitrogens with zero attached hydrogens (tertiary/aromatic N) is 1. The number of carbonyl (C=O) groups is 1. The van der Waals surface area contributed by atoms with E-state index >= 15 is 0 Å². The molecule has 2 rings (SSSR count). The lowest BCUT2D eigenvalue weighted by atomic mass is 10.1. The van der Waals surface area contributed by atoms with Crippen LogP contribution < -0.4 is 4.74 Å². The molecule has 3 nitrogen and oxygen atoms in total. The summed E-state index contributed by atoms with van der Waals surface area (Å²) >= 11 is 5.91. The number of ether oxygens (including phenoxy) is 1. The first-order valence-corrected chi connectivity index (χ1v) is 5.88. The van der Waals surface area contributed by atoms with Gasteiger partial charge >= 0.3 is 0 Å². The molecule has 0 unspecified atom stereocenters. The Bertz CT molecular complexity index is 482. The van der Waals surface area contributed by atoms with Gasteiger partial charge in [0.15, 0.2) is 0 Å². The minimum absolute atomic E-state index is 0.00174. The molecule has 0 saturated heterocycles. The second kappa shape index (κ2) is 4.80. The van der Waals surface area contributed by atoms with E-state index in [1.807, 2.05) is 19.1 Å². The van der Waals surface area contributed by atoms with Crippen LogP contribution >= 0.6 is 11.6 Å². The molecule has 4 heteroatoms. The average molecular weight is 252 g/mol. The minimum atomic E-state index is -0.00174. The molecule has 90 valence electrons. The molecule has 0 spiro atoms. The zero-order chi connectivity index (χ0) is 12.4. The largest absolute Gasteiger partial charge is 0.488 e. The minimum Gasteiger partial charge on any atom is -0.488 e. The monoisotopic (exact) mass is 251 g/mol. The molecule has 0 aromatic heterocycles. The highest BCUT2D eigenvalue weighted by molar-refractivity contribution is 6.30. The quantitative estimate of drug-likeness (QED) is 0.809. The summed E-state index contributed by atoms with van der Waals surface area (Å²) in [6.07, 6.45) is 1.85. The first kappa shape index (κ1) is 12.0. The van der Waals surface area contributed by atoms with Gasteiger partial charge in [-0.2, -0.15) is 0 Å². The third-order valence-corrected chi connectivity index (χ3v) is 3.02. The molecular formula is C13H14ClNO2. The standard InChI is InChI=1S/C13H14ClNO2/c1-3-15(2)13(16)10-6-9-7-11(14)4-5-12(9)17-8-10/h4-7H,3,8H2,1-2H3. The molecule has 0 radical (unpaired) electrons. The number of benzene rings is 1. The fourth-order valence-corrected chi connectivity index (χ4v) is 1.84. The molecule has 1 aromatic rings. The fraction of sp³-hybridized carbons (Fsp3) is 0.308. The molecule has 1 amide bonds. The molecule has 1 aliphatic rings. The summed E-state index contributed by atoms with van der Waals surface area (Å²) in [6, 6.07) is 5.40. The predicted octanol–water partition coefficient (Wildman–Crippen LogP) is 2.59. The van der Waals surface area contributed by atoms with Crippen molar-refractivity contribution in [2.24, 2.45) is 0 Å². The number of fused-ring (bicyclic) bond motifs is 1. The van der Waals surface area contributed by atoms with E-state index in [2.05, 4.69) is 0 Å². The number of hydrogen-bond acceptors (Lipinski definition) is 2. The third-order valence-electron chi connectivity index (χ3n) is 2.78. The molecule has 0 N–H and O–H groups in total. The number of rotatable bonds is 2. The summed E-state index contributed by atoms with van der Waals surface area (Å²) in [7, 11) is 1.77. The maximum Gasteiger partial charge on any atom is 0.252 e. The summed E-state index contributed by atoms with van der Waals surface area (Å²) < 4.78 is 5.53. The molecule has 0 fully saturated rings. The smallest absolute Gasteiger partial charge is 0.252 e. The van der Waals surface area contributed by atoms with Crippen LogP contribution in [0.15, 0.2) is 23.8 Å². The van der Waals surface area contributed by atoms with Gasteiger partial charge in [0.1, 0.15) is 12.4 Å². The summed E-state index contributed by atoms with van der Waals surface area (Å²) in [5.74, 6) is 0.767. The van der Waals surface area contributed by atoms with Gasteiger partial charge in [-0.25, -0.2) is 0 Å². The highest BCUT2D eigenvalue weighted by atomic mass is 35.5. The van der Waals surface area contributed by atoms with Crippen molar-refractivity contribution in [2.45, 2.75) is 6.92 Å². The lowest BCUT2D eigenvalue weighted by molar-refractivity contribution is -0.126. The maximum atomic E-state index is 12.0. The molecule has 1 aliphatic heterocycles. The van der Waals surface area contributed by atoms with Crippen LogP contribution in [0, 0.1) is 0 Å². The number of likely N-dealkylation sites (N-methyl/N-ethyl adjacent to an activating group) is 1. The third kappa shape index (κ3) is 2.44. The Hall–Kier alpha value is -1.48. The number of halogens is 1. The van der Waals surface area contributed by atoms with Crippen LogP contribution in [-0.2, 0) is 4.79 Å². The molecule has 1 heterocycles. The zero-order valence-electron chi connectivity index (χ0n) is 9.87. The van der Waals surface area contributed by atoms with Gasteiger partial charge in [-0.1, -0.05) is 11.6 Å².